The van der Waals surface area contributed by atoms with Gasteiger partial charge in [0.2, 0.25) is 5.91 Å². The van der Waals surface area contributed by atoms with E-state index in [0.29, 0.717) is 13.0 Å². The van der Waals surface area contributed by atoms with E-state index in [-0.39, 0.29) is 5.91 Å². The molecule has 1 N–H and O–H groups in total. The van der Waals surface area contributed by atoms with Crippen molar-refractivity contribution < 1.29 is 9.53 Å². The molecule has 2 aromatic rings. The van der Waals surface area contributed by atoms with E-state index in [2.05, 4.69) is 47.2 Å². The Bertz CT molecular complexity index is 759. The number of nitrogens with one attached hydrogen (secondary N) is 1. The van der Waals surface area contributed by atoms with Crippen LogP contribution in [0.2, 0.25) is 0 Å². The zero-order chi connectivity index (χ0) is 19.1. The van der Waals surface area contributed by atoms with Gasteiger partial charge in [0.15, 0.2) is 0 Å². The van der Waals surface area contributed by atoms with Gasteiger partial charge in [-0.25, -0.2) is 4.98 Å². The number of benzene rings is 1. The predicted molar refractivity (Wildman–Crippen MR) is 110 cm³/mol. The molecule has 0 atom stereocenters. The molecule has 0 bridgehead atoms. The summed E-state index contributed by atoms with van der Waals surface area (Å²) in [5.74, 6) is 1.82. The molecule has 1 saturated heterocycles. The number of thioether (sulfide) groups is 1. The molecule has 3 rings (SSSR count). The Hall–Kier alpha value is -2.05. The molecular weight excluding hydrogens is 358 g/mol. The molecule has 1 aromatic carbocycles. The Labute approximate surface area is 165 Å². The molecule has 1 aliphatic heterocycles. The number of nitrogens with zero attached hydrogens (tertiary/aromatic N) is 2. The van der Waals surface area contributed by atoms with E-state index in [1.807, 2.05) is 18.3 Å². The molecule has 0 aliphatic carbocycles. The lowest BCUT2D eigenvalue weighted by atomic mass is 10.1. The first-order chi connectivity index (χ1) is 13.1. The molecule has 6 heteroatoms. The number of hydrogen-bond acceptors (Lipinski definition) is 5. The van der Waals surface area contributed by atoms with Crippen molar-refractivity contribution in [3.8, 4) is 0 Å². The minimum absolute atomic E-state index is 0.0728. The van der Waals surface area contributed by atoms with Crippen molar-refractivity contribution >= 4 is 23.5 Å². The van der Waals surface area contributed by atoms with Crippen LogP contribution in [0.4, 0.5) is 5.82 Å². The quantitative estimate of drug-likeness (QED) is 0.741. The maximum atomic E-state index is 12.1. The van der Waals surface area contributed by atoms with Gasteiger partial charge < -0.3 is 15.0 Å². The molecule has 0 unspecified atom stereocenters. The third-order valence-corrected chi connectivity index (χ3v) is 5.71. The second-order valence-electron chi connectivity index (χ2n) is 6.75. The van der Waals surface area contributed by atoms with Gasteiger partial charge in [0.1, 0.15) is 5.82 Å². The van der Waals surface area contributed by atoms with E-state index in [0.717, 1.165) is 43.4 Å². The molecular formula is C21H27N3O2S. The standard InChI is InChI=1S/C21H27N3O2S/c1-16-3-5-19(13-17(16)2)27-12-7-21(25)23-15-18-4-6-20(22-14-18)24-8-10-26-11-9-24/h3-6,13-14H,7-12,15H2,1-2H3,(H,23,25). The highest BCUT2D eigenvalue weighted by Gasteiger charge is 2.12. The third kappa shape index (κ3) is 5.97. The van der Waals surface area contributed by atoms with Crippen LogP contribution < -0.4 is 10.2 Å². The monoisotopic (exact) mass is 385 g/mol. The highest BCUT2D eigenvalue weighted by molar-refractivity contribution is 7.99. The van der Waals surface area contributed by atoms with Gasteiger partial charge in [0.05, 0.1) is 13.2 Å². The third-order valence-electron chi connectivity index (χ3n) is 4.71. The Balaban J connectivity index is 1.39. The average Bonchev–Trinajstić information content (AvgIpc) is 2.70. The summed E-state index contributed by atoms with van der Waals surface area (Å²) in [7, 11) is 0. The number of morpholine rings is 1. The number of ether oxygens (including phenoxy) is 1. The number of carbonyl (C=O) groups is 1. The Morgan fingerprint density at radius 1 is 1.19 bits per heavy atom. The van der Waals surface area contributed by atoms with Gasteiger partial charge in [-0.05, 0) is 48.7 Å². The smallest absolute Gasteiger partial charge is 0.221 e. The fourth-order valence-electron chi connectivity index (χ4n) is 2.86. The van der Waals surface area contributed by atoms with Gasteiger partial charge in [-0.15, -0.1) is 11.8 Å². The van der Waals surface area contributed by atoms with Gasteiger partial charge in [0.25, 0.3) is 0 Å². The van der Waals surface area contributed by atoms with Crippen LogP contribution in [0.1, 0.15) is 23.1 Å². The van der Waals surface area contributed by atoms with Crippen LogP contribution in [0, 0.1) is 13.8 Å². The molecule has 1 aromatic heterocycles. The molecule has 144 valence electrons. The van der Waals surface area contributed by atoms with Crippen molar-refractivity contribution in [1.82, 2.24) is 10.3 Å². The number of carbonyl (C=O) groups excluding carboxylic acids is 1. The van der Waals surface area contributed by atoms with Crippen LogP contribution in [0.15, 0.2) is 41.4 Å². The summed E-state index contributed by atoms with van der Waals surface area (Å²) < 4.78 is 5.36. The molecule has 0 radical (unpaired) electrons. The highest BCUT2D eigenvalue weighted by Crippen LogP contribution is 2.21. The Morgan fingerprint density at radius 2 is 2.00 bits per heavy atom. The molecule has 0 saturated carbocycles. The van der Waals surface area contributed by atoms with Gasteiger partial charge in [-0.2, -0.15) is 0 Å². The molecule has 5 nitrogen and oxygen atoms in total. The Morgan fingerprint density at radius 3 is 2.70 bits per heavy atom. The average molecular weight is 386 g/mol. The van der Waals surface area contributed by atoms with E-state index in [9.17, 15) is 4.79 Å². The largest absolute Gasteiger partial charge is 0.378 e. The minimum atomic E-state index is 0.0728. The molecule has 1 amide bonds. The SMILES string of the molecule is Cc1ccc(SCCC(=O)NCc2ccc(N3CCOCC3)nc2)cc1C. The summed E-state index contributed by atoms with van der Waals surface area (Å²) in [6, 6.07) is 10.5. The van der Waals surface area contributed by atoms with Crippen LogP contribution in [-0.2, 0) is 16.1 Å². The summed E-state index contributed by atoms with van der Waals surface area (Å²) >= 11 is 1.72. The van der Waals surface area contributed by atoms with Gasteiger partial charge >= 0.3 is 0 Å². The summed E-state index contributed by atoms with van der Waals surface area (Å²) in [5.41, 5.74) is 3.60. The second kappa shape index (κ2) is 9.76. The number of amides is 1. The Kier molecular flexibility index (Phi) is 7.12. The minimum Gasteiger partial charge on any atom is -0.378 e. The highest BCUT2D eigenvalue weighted by atomic mass is 32.2. The van der Waals surface area contributed by atoms with Gasteiger partial charge in [-0.3, -0.25) is 4.79 Å². The van der Waals surface area contributed by atoms with Crippen LogP contribution in [0.3, 0.4) is 0 Å². The van der Waals surface area contributed by atoms with Crippen LogP contribution >= 0.6 is 11.8 Å². The summed E-state index contributed by atoms with van der Waals surface area (Å²) in [5, 5.41) is 2.98. The summed E-state index contributed by atoms with van der Waals surface area (Å²) in [6.07, 6.45) is 2.35. The van der Waals surface area contributed by atoms with E-state index >= 15 is 0 Å². The lowest BCUT2D eigenvalue weighted by Crippen LogP contribution is -2.36. The first-order valence-corrected chi connectivity index (χ1v) is 10.3. The van der Waals surface area contributed by atoms with Crippen molar-refractivity contribution in [1.29, 1.82) is 0 Å². The van der Waals surface area contributed by atoms with Gasteiger partial charge in [-0.1, -0.05) is 12.1 Å². The molecule has 1 fully saturated rings. The van der Waals surface area contributed by atoms with Crippen molar-refractivity contribution in [2.24, 2.45) is 0 Å². The molecule has 2 heterocycles. The lowest BCUT2D eigenvalue weighted by Gasteiger charge is -2.27. The first kappa shape index (κ1) is 19.7. The molecule has 0 spiro atoms. The fraction of sp³-hybridized carbons (Fsp3) is 0.429. The number of rotatable bonds is 7. The predicted octanol–water partition coefficient (Wildman–Crippen LogP) is 3.33. The molecule has 1 aliphatic rings. The number of anilines is 1. The number of hydrogen-bond donors (Lipinski definition) is 1. The number of aromatic nitrogens is 1. The van der Waals surface area contributed by atoms with Crippen LogP contribution in [-0.4, -0.2) is 42.9 Å². The molecule has 27 heavy (non-hydrogen) atoms. The van der Waals surface area contributed by atoms with Crippen molar-refractivity contribution in [2.45, 2.75) is 31.7 Å². The van der Waals surface area contributed by atoms with E-state index in [1.165, 1.54) is 16.0 Å². The zero-order valence-corrected chi connectivity index (χ0v) is 16.8. The first-order valence-electron chi connectivity index (χ1n) is 9.36. The summed E-state index contributed by atoms with van der Waals surface area (Å²) in [6.45, 7) is 8.00. The summed E-state index contributed by atoms with van der Waals surface area (Å²) in [4.78, 5) is 20.0. The van der Waals surface area contributed by atoms with E-state index < -0.39 is 0 Å². The van der Waals surface area contributed by atoms with Crippen molar-refractivity contribution in [3.05, 3.63) is 53.2 Å². The normalized spacial score (nSPS) is 14.2. The zero-order valence-electron chi connectivity index (χ0n) is 16.0. The second-order valence-corrected chi connectivity index (χ2v) is 7.91. The van der Waals surface area contributed by atoms with Crippen LogP contribution in [0.5, 0.6) is 0 Å². The fourth-order valence-corrected chi connectivity index (χ4v) is 3.80. The van der Waals surface area contributed by atoms with Crippen LogP contribution in [0.25, 0.3) is 0 Å². The maximum Gasteiger partial charge on any atom is 0.221 e. The van der Waals surface area contributed by atoms with Gasteiger partial charge in [0, 0.05) is 42.9 Å². The lowest BCUT2D eigenvalue weighted by molar-refractivity contribution is -0.120. The topological polar surface area (TPSA) is 54.5 Å². The number of aryl methyl sites for hydroxylation is 2. The van der Waals surface area contributed by atoms with E-state index in [1.54, 1.807) is 11.8 Å². The maximum absolute atomic E-state index is 12.1. The van der Waals surface area contributed by atoms with E-state index in [4.69, 9.17) is 4.74 Å². The van der Waals surface area contributed by atoms with Crippen molar-refractivity contribution in [3.63, 3.8) is 0 Å². The number of pyridine rings is 1. The van der Waals surface area contributed by atoms with Crippen molar-refractivity contribution in [2.75, 3.05) is 37.0 Å².